The number of nitrogens with zero attached hydrogens (tertiary/aromatic N) is 3. The maximum absolute atomic E-state index is 11.9. The van der Waals surface area contributed by atoms with Gasteiger partial charge in [0, 0.05) is 10.8 Å². The molecule has 0 atom stereocenters. The Kier molecular flexibility index (Phi) is 7.33. The molecule has 6 nitrogen and oxygen atoms in total. The molecule has 0 aliphatic carbocycles. The van der Waals surface area contributed by atoms with E-state index in [4.69, 9.17) is 16.0 Å². The van der Waals surface area contributed by atoms with Crippen LogP contribution in [0.4, 0.5) is 0 Å². The highest BCUT2D eigenvalue weighted by Crippen LogP contribution is 2.32. The van der Waals surface area contributed by atoms with Crippen LogP contribution >= 0.6 is 46.5 Å². The zero-order valence-corrected chi connectivity index (χ0v) is 17.4. The van der Waals surface area contributed by atoms with E-state index in [1.807, 2.05) is 24.3 Å². The van der Waals surface area contributed by atoms with E-state index in [0.717, 1.165) is 25.0 Å². The van der Waals surface area contributed by atoms with Gasteiger partial charge in [-0.1, -0.05) is 64.7 Å². The van der Waals surface area contributed by atoms with Gasteiger partial charge in [0.2, 0.25) is 0 Å². The van der Waals surface area contributed by atoms with Gasteiger partial charge in [-0.2, -0.15) is 5.10 Å². The molecule has 0 radical (unpaired) electrons. The summed E-state index contributed by atoms with van der Waals surface area (Å²) in [6.07, 6.45) is 1.56. The normalized spacial score (nSPS) is 11.6. The molecule has 0 aliphatic heterocycles. The lowest BCUT2D eigenvalue weighted by Gasteiger charge is -2.00. The summed E-state index contributed by atoms with van der Waals surface area (Å²) in [5.41, 5.74) is 4.16. The average Bonchev–Trinajstić information content (AvgIpc) is 3.36. The van der Waals surface area contributed by atoms with E-state index >= 15 is 0 Å². The van der Waals surface area contributed by atoms with Crippen LogP contribution < -0.4 is 5.43 Å². The van der Waals surface area contributed by atoms with E-state index in [0.29, 0.717) is 11.5 Å². The molecule has 0 bridgehead atoms. The molecule has 2 heterocycles. The fourth-order valence-corrected chi connectivity index (χ4v) is 5.01. The summed E-state index contributed by atoms with van der Waals surface area (Å²) in [7, 11) is 0. The minimum absolute atomic E-state index is 0.207. The van der Waals surface area contributed by atoms with E-state index < -0.39 is 0 Å². The molecule has 1 amide bonds. The van der Waals surface area contributed by atoms with E-state index in [1.54, 1.807) is 37.1 Å². The second kappa shape index (κ2) is 9.93. The first-order valence-electron chi connectivity index (χ1n) is 7.81. The van der Waals surface area contributed by atoms with Crippen LogP contribution in [0.25, 0.3) is 0 Å². The van der Waals surface area contributed by atoms with Gasteiger partial charge in [-0.15, -0.1) is 10.2 Å². The van der Waals surface area contributed by atoms with Crippen LogP contribution in [0.2, 0.25) is 5.02 Å². The van der Waals surface area contributed by atoms with Crippen LogP contribution in [0.5, 0.6) is 0 Å². The summed E-state index contributed by atoms with van der Waals surface area (Å²) in [4.78, 5) is 11.9. The number of benzene rings is 1. The number of furan rings is 1. The van der Waals surface area contributed by atoms with Crippen molar-refractivity contribution in [3.05, 3.63) is 59.0 Å². The molecule has 0 fully saturated rings. The minimum Gasteiger partial charge on any atom is -0.463 e. The van der Waals surface area contributed by atoms with Crippen LogP contribution in [0, 0.1) is 0 Å². The standard InChI is InChI=1S/C17H15ClN4O2S3/c1-11(14-7-4-8-24-14)19-20-15(23)10-26-17-22-21-16(27-17)25-9-12-5-2-3-6-13(12)18/h2-8H,9-10H2,1H3,(H,20,23). The number of carbonyl (C=O) groups is 1. The lowest BCUT2D eigenvalue weighted by atomic mass is 10.2. The molecule has 0 unspecified atom stereocenters. The van der Waals surface area contributed by atoms with E-state index in [1.165, 1.54) is 23.1 Å². The van der Waals surface area contributed by atoms with E-state index in [9.17, 15) is 4.79 Å². The quantitative estimate of drug-likeness (QED) is 0.311. The molecule has 3 aromatic rings. The molecular formula is C17H15ClN4O2S3. The molecule has 27 heavy (non-hydrogen) atoms. The van der Waals surface area contributed by atoms with Crippen molar-refractivity contribution in [3.63, 3.8) is 0 Å². The smallest absolute Gasteiger partial charge is 0.250 e. The fraction of sp³-hybridized carbons (Fsp3) is 0.176. The van der Waals surface area contributed by atoms with Crippen molar-refractivity contribution in [1.82, 2.24) is 15.6 Å². The summed E-state index contributed by atoms with van der Waals surface area (Å²) in [5, 5.41) is 13.0. The van der Waals surface area contributed by atoms with Gasteiger partial charge >= 0.3 is 0 Å². The zero-order valence-electron chi connectivity index (χ0n) is 14.2. The van der Waals surface area contributed by atoms with Crippen molar-refractivity contribution in [2.75, 3.05) is 5.75 Å². The third-order valence-electron chi connectivity index (χ3n) is 3.25. The Morgan fingerprint density at radius 2 is 2.00 bits per heavy atom. The van der Waals surface area contributed by atoms with Crippen LogP contribution in [0.1, 0.15) is 18.2 Å². The largest absolute Gasteiger partial charge is 0.463 e. The lowest BCUT2D eigenvalue weighted by molar-refractivity contribution is -0.118. The number of rotatable bonds is 8. The van der Waals surface area contributed by atoms with E-state index in [-0.39, 0.29) is 11.7 Å². The number of nitrogens with one attached hydrogen (secondary N) is 1. The van der Waals surface area contributed by atoms with Crippen molar-refractivity contribution in [3.8, 4) is 0 Å². The van der Waals surface area contributed by atoms with E-state index in [2.05, 4.69) is 20.7 Å². The van der Waals surface area contributed by atoms with Crippen molar-refractivity contribution in [2.45, 2.75) is 21.4 Å². The average molecular weight is 439 g/mol. The Morgan fingerprint density at radius 3 is 2.74 bits per heavy atom. The fourth-order valence-electron chi connectivity index (χ4n) is 1.91. The summed E-state index contributed by atoms with van der Waals surface area (Å²) >= 11 is 10.5. The van der Waals surface area contributed by atoms with Gasteiger partial charge in [0.15, 0.2) is 8.68 Å². The molecule has 0 saturated carbocycles. The zero-order chi connectivity index (χ0) is 19.1. The SMILES string of the molecule is CC(=NNC(=O)CSc1nnc(SCc2ccccc2Cl)s1)c1ccco1. The van der Waals surface area contributed by atoms with Crippen molar-refractivity contribution < 1.29 is 9.21 Å². The molecule has 10 heteroatoms. The van der Waals surface area contributed by atoms with Crippen molar-refractivity contribution in [1.29, 1.82) is 0 Å². The number of hydrogen-bond donors (Lipinski definition) is 1. The Hall–Kier alpha value is -1.81. The van der Waals surface area contributed by atoms with Crippen LogP contribution in [-0.4, -0.2) is 27.6 Å². The molecule has 140 valence electrons. The van der Waals surface area contributed by atoms with Gasteiger partial charge in [0.25, 0.3) is 5.91 Å². The molecule has 1 N–H and O–H groups in total. The van der Waals surface area contributed by atoms with Crippen LogP contribution in [0.15, 0.2) is 60.9 Å². The molecular weight excluding hydrogens is 424 g/mol. The molecule has 0 saturated heterocycles. The van der Waals surface area contributed by atoms with Gasteiger partial charge in [0.05, 0.1) is 12.0 Å². The highest BCUT2D eigenvalue weighted by atomic mass is 35.5. The number of hydrogen-bond acceptors (Lipinski definition) is 8. The highest BCUT2D eigenvalue weighted by molar-refractivity contribution is 8.03. The number of thioether (sulfide) groups is 2. The second-order valence-corrected chi connectivity index (χ2v) is 9.04. The number of halogens is 1. The van der Waals surface area contributed by atoms with Crippen LogP contribution in [-0.2, 0) is 10.5 Å². The monoisotopic (exact) mass is 438 g/mol. The number of amides is 1. The lowest BCUT2D eigenvalue weighted by Crippen LogP contribution is -2.21. The summed E-state index contributed by atoms with van der Waals surface area (Å²) < 4.78 is 6.78. The Balaban J connectivity index is 1.44. The second-order valence-electron chi connectivity index (χ2n) is 5.21. The maximum Gasteiger partial charge on any atom is 0.250 e. The summed E-state index contributed by atoms with van der Waals surface area (Å²) in [6.45, 7) is 1.76. The molecule has 0 spiro atoms. The highest BCUT2D eigenvalue weighted by Gasteiger charge is 2.10. The third kappa shape index (κ3) is 6.10. The summed E-state index contributed by atoms with van der Waals surface area (Å²) in [6, 6.07) is 11.3. The third-order valence-corrected chi connectivity index (χ3v) is 6.86. The van der Waals surface area contributed by atoms with Crippen molar-refractivity contribution >= 4 is 58.1 Å². The molecule has 1 aromatic carbocycles. The molecule has 0 aliphatic rings. The number of hydrazone groups is 1. The predicted octanol–water partition coefficient (Wildman–Crippen LogP) is 4.71. The van der Waals surface area contributed by atoms with Gasteiger partial charge in [-0.05, 0) is 30.7 Å². The van der Waals surface area contributed by atoms with Gasteiger partial charge < -0.3 is 4.42 Å². The Morgan fingerprint density at radius 1 is 1.22 bits per heavy atom. The minimum atomic E-state index is -0.216. The van der Waals surface area contributed by atoms with Crippen molar-refractivity contribution in [2.24, 2.45) is 5.10 Å². The first kappa shape index (κ1) is 19.9. The van der Waals surface area contributed by atoms with Gasteiger partial charge in [-0.3, -0.25) is 4.79 Å². The topological polar surface area (TPSA) is 80.4 Å². The molecule has 2 aromatic heterocycles. The van der Waals surface area contributed by atoms with Gasteiger partial charge in [-0.25, -0.2) is 5.43 Å². The Labute approximate surface area is 173 Å². The number of aromatic nitrogens is 2. The van der Waals surface area contributed by atoms with Crippen LogP contribution in [0.3, 0.4) is 0 Å². The maximum atomic E-state index is 11.9. The molecule has 3 rings (SSSR count). The number of carbonyl (C=O) groups excluding carboxylic acids is 1. The predicted molar refractivity (Wildman–Crippen MR) is 111 cm³/mol. The van der Waals surface area contributed by atoms with Gasteiger partial charge in [0.1, 0.15) is 11.5 Å². The Bertz CT molecular complexity index is 928. The first-order chi connectivity index (χ1) is 13.1. The first-order valence-corrected chi connectivity index (χ1v) is 11.0. The summed E-state index contributed by atoms with van der Waals surface area (Å²) in [5.74, 6) is 1.33.